The fourth-order valence-corrected chi connectivity index (χ4v) is 3.02. The molecule has 0 spiro atoms. The van der Waals surface area contributed by atoms with Gasteiger partial charge in [0.05, 0.1) is 5.69 Å². The Balaban J connectivity index is 2.02. The maximum Gasteiger partial charge on any atom is 0.164 e. The average Bonchev–Trinajstić information content (AvgIpc) is 2.63. The molecule has 120 valence electrons. The highest BCUT2D eigenvalue weighted by Crippen LogP contribution is 2.35. The van der Waals surface area contributed by atoms with E-state index in [1.807, 2.05) is 72.8 Å². The van der Waals surface area contributed by atoms with Gasteiger partial charge in [0.15, 0.2) is 5.78 Å². The van der Waals surface area contributed by atoms with Gasteiger partial charge in [-0.1, -0.05) is 60.1 Å². The molecule has 0 bridgehead atoms. The van der Waals surface area contributed by atoms with Crippen LogP contribution in [0.3, 0.4) is 0 Å². The number of ketones is 1. The number of halogens is 1. The van der Waals surface area contributed by atoms with Crippen LogP contribution < -0.4 is 0 Å². The van der Waals surface area contributed by atoms with Gasteiger partial charge in [-0.2, -0.15) is 0 Å². The Morgan fingerprint density at radius 2 is 1.62 bits per heavy atom. The molecule has 0 saturated heterocycles. The molecule has 0 N–H and O–H groups in total. The van der Waals surface area contributed by atoms with Crippen molar-refractivity contribution in [2.75, 3.05) is 0 Å². The van der Waals surface area contributed by atoms with Gasteiger partial charge in [0.25, 0.3) is 0 Å². The first-order chi connectivity index (χ1) is 11.6. The molecule has 2 aromatic carbocycles. The second kappa shape index (κ2) is 6.98. The monoisotopic (exact) mass is 335 g/mol. The third kappa shape index (κ3) is 3.39. The van der Waals surface area contributed by atoms with E-state index in [0.29, 0.717) is 17.0 Å². The number of nitrogens with zero attached hydrogens (tertiary/aromatic N) is 1. The van der Waals surface area contributed by atoms with Crippen molar-refractivity contribution in [1.82, 2.24) is 4.98 Å². The molecule has 1 aromatic heterocycles. The van der Waals surface area contributed by atoms with Gasteiger partial charge in [0, 0.05) is 28.6 Å². The molecule has 0 aliphatic heterocycles. The molecule has 0 amide bonds. The second-order valence-corrected chi connectivity index (χ2v) is 6.46. The van der Waals surface area contributed by atoms with Crippen LogP contribution in [0.1, 0.15) is 35.0 Å². The predicted molar refractivity (Wildman–Crippen MR) is 97.5 cm³/mol. The summed E-state index contributed by atoms with van der Waals surface area (Å²) in [6.45, 7) is 2.05. The third-order valence-electron chi connectivity index (χ3n) is 4.32. The fourth-order valence-electron chi connectivity index (χ4n) is 2.89. The van der Waals surface area contributed by atoms with E-state index in [4.69, 9.17) is 11.6 Å². The lowest BCUT2D eigenvalue weighted by Gasteiger charge is -2.29. The molecule has 3 aromatic rings. The van der Waals surface area contributed by atoms with Crippen molar-refractivity contribution in [2.45, 2.75) is 18.8 Å². The summed E-state index contributed by atoms with van der Waals surface area (Å²) in [5.74, 6) is 0.0960. The van der Waals surface area contributed by atoms with Gasteiger partial charge in [-0.3, -0.25) is 9.78 Å². The number of carbonyl (C=O) groups excluding carboxylic acids is 1. The minimum Gasteiger partial charge on any atom is -0.294 e. The molecule has 0 unspecified atom stereocenters. The summed E-state index contributed by atoms with van der Waals surface area (Å²) in [6, 6.07) is 22.8. The van der Waals surface area contributed by atoms with Gasteiger partial charge in [-0.25, -0.2) is 0 Å². The van der Waals surface area contributed by atoms with Gasteiger partial charge in [-0.05, 0) is 36.8 Å². The molecule has 1 heterocycles. The van der Waals surface area contributed by atoms with Crippen LogP contribution >= 0.6 is 11.6 Å². The summed E-state index contributed by atoms with van der Waals surface area (Å²) < 4.78 is 0. The number of rotatable bonds is 5. The lowest BCUT2D eigenvalue weighted by molar-refractivity contribution is 0.0961. The van der Waals surface area contributed by atoms with Crippen LogP contribution in [0.4, 0.5) is 0 Å². The fraction of sp³-hybridized carbons (Fsp3) is 0.143. The molecule has 0 fully saturated rings. The standard InChI is InChI=1S/C21H18ClNO/c1-21(20-9-5-6-14-23-20,17-10-12-18(22)13-11-17)15-19(24)16-7-3-2-4-8-16/h2-14H,15H2,1H3/t21-/m0/s1. The second-order valence-electron chi connectivity index (χ2n) is 6.02. The van der Waals surface area contributed by atoms with Gasteiger partial charge < -0.3 is 0 Å². The molecular formula is C21H18ClNO. The predicted octanol–water partition coefficient (Wildman–Crippen LogP) is 5.31. The Hall–Kier alpha value is -2.45. The van der Waals surface area contributed by atoms with Crippen LogP contribution in [0, 0.1) is 0 Å². The van der Waals surface area contributed by atoms with Crippen LogP contribution in [-0.2, 0) is 5.41 Å². The van der Waals surface area contributed by atoms with E-state index in [2.05, 4.69) is 11.9 Å². The number of hydrogen-bond acceptors (Lipinski definition) is 2. The third-order valence-corrected chi connectivity index (χ3v) is 4.57. The summed E-state index contributed by atoms with van der Waals surface area (Å²) in [5, 5.41) is 0.677. The van der Waals surface area contributed by atoms with Crippen molar-refractivity contribution >= 4 is 17.4 Å². The quantitative estimate of drug-likeness (QED) is 0.591. The van der Waals surface area contributed by atoms with Crippen molar-refractivity contribution in [3.8, 4) is 0 Å². The highest BCUT2D eigenvalue weighted by molar-refractivity contribution is 6.30. The summed E-state index contributed by atoms with van der Waals surface area (Å²) in [7, 11) is 0. The average molecular weight is 336 g/mol. The molecule has 0 saturated carbocycles. The minimum absolute atomic E-state index is 0.0960. The van der Waals surface area contributed by atoms with Crippen LogP contribution in [0.25, 0.3) is 0 Å². The number of carbonyl (C=O) groups is 1. The lowest BCUT2D eigenvalue weighted by Crippen LogP contribution is -2.28. The minimum atomic E-state index is -0.515. The summed E-state index contributed by atoms with van der Waals surface area (Å²) in [4.78, 5) is 17.3. The molecule has 24 heavy (non-hydrogen) atoms. The number of aromatic nitrogens is 1. The summed E-state index contributed by atoms with van der Waals surface area (Å²) in [5.41, 5.74) is 2.10. The topological polar surface area (TPSA) is 30.0 Å². The number of pyridine rings is 1. The Bertz CT molecular complexity index is 815. The number of Topliss-reactive ketones (excluding diaryl/α,β-unsaturated/α-hetero) is 1. The molecule has 2 nitrogen and oxygen atoms in total. The van der Waals surface area contributed by atoms with Gasteiger partial charge in [0.2, 0.25) is 0 Å². The van der Waals surface area contributed by atoms with E-state index >= 15 is 0 Å². The van der Waals surface area contributed by atoms with E-state index < -0.39 is 5.41 Å². The van der Waals surface area contributed by atoms with E-state index in [1.54, 1.807) is 6.20 Å². The Kier molecular flexibility index (Phi) is 4.77. The summed E-state index contributed by atoms with van der Waals surface area (Å²) in [6.07, 6.45) is 2.10. The molecule has 1 atom stereocenters. The van der Waals surface area contributed by atoms with Crippen molar-refractivity contribution in [3.63, 3.8) is 0 Å². The number of hydrogen-bond donors (Lipinski definition) is 0. The number of benzene rings is 2. The molecular weight excluding hydrogens is 318 g/mol. The van der Waals surface area contributed by atoms with Crippen molar-refractivity contribution in [2.24, 2.45) is 0 Å². The zero-order valence-electron chi connectivity index (χ0n) is 13.4. The normalized spacial score (nSPS) is 13.2. The summed E-state index contributed by atoms with van der Waals surface area (Å²) >= 11 is 6.03. The van der Waals surface area contributed by atoms with Gasteiger partial charge >= 0.3 is 0 Å². The van der Waals surface area contributed by atoms with Crippen molar-refractivity contribution in [1.29, 1.82) is 0 Å². The molecule has 0 radical (unpaired) electrons. The first-order valence-electron chi connectivity index (χ1n) is 7.85. The largest absolute Gasteiger partial charge is 0.294 e. The zero-order valence-corrected chi connectivity index (χ0v) is 14.2. The molecule has 3 heteroatoms. The van der Waals surface area contributed by atoms with E-state index in [9.17, 15) is 4.79 Å². The van der Waals surface area contributed by atoms with Crippen LogP contribution in [0.5, 0.6) is 0 Å². The maximum atomic E-state index is 12.8. The van der Waals surface area contributed by atoms with Gasteiger partial charge in [-0.15, -0.1) is 0 Å². The first kappa shape index (κ1) is 16.4. The van der Waals surface area contributed by atoms with Crippen LogP contribution in [0.2, 0.25) is 5.02 Å². The van der Waals surface area contributed by atoms with Crippen molar-refractivity contribution in [3.05, 3.63) is 101 Å². The Morgan fingerprint density at radius 3 is 2.25 bits per heavy atom. The Morgan fingerprint density at radius 1 is 0.958 bits per heavy atom. The molecule has 3 rings (SSSR count). The maximum absolute atomic E-state index is 12.8. The highest BCUT2D eigenvalue weighted by Gasteiger charge is 2.33. The zero-order chi connectivity index (χ0) is 17.0. The van der Waals surface area contributed by atoms with E-state index in [0.717, 1.165) is 11.3 Å². The Labute approximate surface area is 147 Å². The molecule has 0 aliphatic carbocycles. The van der Waals surface area contributed by atoms with E-state index in [1.165, 1.54) is 0 Å². The first-order valence-corrected chi connectivity index (χ1v) is 8.23. The lowest BCUT2D eigenvalue weighted by atomic mass is 9.74. The smallest absolute Gasteiger partial charge is 0.164 e. The molecule has 0 aliphatic rings. The highest BCUT2D eigenvalue weighted by atomic mass is 35.5. The SMILES string of the molecule is C[C@](CC(=O)c1ccccc1)(c1ccc(Cl)cc1)c1ccccn1. The van der Waals surface area contributed by atoms with Gasteiger partial charge in [0.1, 0.15) is 0 Å². The van der Waals surface area contributed by atoms with E-state index in [-0.39, 0.29) is 5.78 Å². The van der Waals surface area contributed by atoms with Crippen LogP contribution in [0.15, 0.2) is 79.0 Å². The van der Waals surface area contributed by atoms with Crippen molar-refractivity contribution < 1.29 is 4.79 Å². The van der Waals surface area contributed by atoms with Crippen LogP contribution in [-0.4, -0.2) is 10.8 Å².